The maximum atomic E-state index is 8.91. The first kappa shape index (κ1) is 14.4. The minimum absolute atomic E-state index is 0.134. The number of nitrogens with one attached hydrogen (secondary N) is 1. The van der Waals surface area contributed by atoms with Gasteiger partial charge in [-0.1, -0.05) is 28.1 Å². The lowest BCUT2D eigenvalue weighted by molar-refractivity contribution is 0.416. The number of rotatable bonds is 4. The normalized spacial score (nSPS) is 11.5. The van der Waals surface area contributed by atoms with E-state index in [0.29, 0.717) is 11.3 Å². The van der Waals surface area contributed by atoms with Crippen LogP contribution in [0.3, 0.4) is 0 Å². The van der Waals surface area contributed by atoms with Gasteiger partial charge in [0.15, 0.2) is 0 Å². The molecule has 1 atom stereocenters. The molecule has 0 aliphatic carbocycles. The zero-order chi connectivity index (χ0) is 14.5. The van der Waals surface area contributed by atoms with Crippen molar-refractivity contribution in [2.45, 2.75) is 13.0 Å². The minimum Gasteiger partial charge on any atom is -0.495 e. The molecule has 1 N–H and O–H groups in total. The lowest BCUT2D eigenvalue weighted by Gasteiger charge is -2.18. The van der Waals surface area contributed by atoms with Gasteiger partial charge in [0.05, 0.1) is 24.4 Å². The summed E-state index contributed by atoms with van der Waals surface area (Å²) in [5.41, 5.74) is 2.63. The molecular weight excluding hydrogens is 316 g/mol. The minimum atomic E-state index is 0.134. The molecule has 1 unspecified atom stereocenters. The topological polar surface area (TPSA) is 45.0 Å². The van der Waals surface area contributed by atoms with E-state index in [1.165, 1.54) is 5.56 Å². The zero-order valence-corrected chi connectivity index (χ0v) is 12.9. The van der Waals surface area contributed by atoms with Crippen LogP contribution in [0.25, 0.3) is 0 Å². The van der Waals surface area contributed by atoms with Gasteiger partial charge in [-0.05, 0) is 36.8 Å². The summed E-state index contributed by atoms with van der Waals surface area (Å²) in [5.74, 6) is 0.672. The van der Waals surface area contributed by atoms with Crippen molar-refractivity contribution in [3.8, 4) is 11.8 Å². The SMILES string of the molecule is COc1cc(C#N)ccc1NC(C)c1cccc(Br)c1. The number of nitriles is 1. The fourth-order valence-corrected chi connectivity index (χ4v) is 2.39. The van der Waals surface area contributed by atoms with E-state index in [9.17, 15) is 0 Å². The highest BCUT2D eigenvalue weighted by molar-refractivity contribution is 9.10. The summed E-state index contributed by atoms with van der Waals surface area (Å²) in [7, 11) is 1.60. The molecule has 2 rings (SSSR count). The van der Waals surface area contributed by atoms with E-state index in [2.05, 4.69) is 46.4 Å². The Morgan fingerprint density at radius 2 is 2.05 bits per heavy atom. The fraction of sp³-hybridized carbons (Fsp3) is 0.188. The van der Waals surface area contributed by atoms with Gasteiger partial charge in [-0.3, -0.25) is 0 Å². The first-order chi connectivity index (χ1) is 9.63. The molecule has 2 aromatic carbocycles. The van der Waals surface area contributed by atoms with Crippen LogP contribution in [0.4, 0.5) is 5.69 Å². The Morgan fingerprint density at radius 3 is 2.70 bits per heavy atom. The van der Waals surface area contributed by atoms with E-state index >= 15 is 0 Å². The summed E-state index contributed by atoms with van der Waals surface area (Å²) in [6.45, 7) is 2.08. The second-order valence-corrected chi connectivity index (χ2v) is 5.36. The summed E-state index contributed by atoms with van der Waals surface area (Å²) < 4.78 is 6.38. The van der Waals surface area contributed by atoms with E-state index in [1.807, 2.05) is 18.2 Å². The van der Waals surface area contributed by atoms with Crippen molar-refractivity contribution < 1.29 is 4.74 Å². The zero-order valence-electron chi connectivity index (χ0n) is 11.4. The first-order valence-electron chi connectivity index (χ1n) is 6.24. The van der Waals surface area contributed by atoms with Gasteiger partial charge in [0.1, 0.15) is 5.75 Å². The molecule has 3 nitrogen and oxygen atoms in total. The average Bonchev–Trinajstić information content (AvgIpc) is 2.47. The Kier molecular flexibility index (Phi) is 4.65. The summed E-state index contributed by atoms with van der Waals surface area (Å²) in [5, 5.41) is 12.3. The Bertz CT molecular complexity index is 649. The van der Waals surface area contributed by atoms with Crippen molar-refractivity contribution in [1.29, 1.82) is 5.26 Å². The van der Waals surface area contributed by atoms with Crippen molar-refractivity contribution in [2.75, 3.05) is 12.4 Å². The quantitative estimate of drug-likeness (QED) is 0.897. The van der Waals surface area contributed by atoms with Crippen LogP contribution in [0.2, 0.25) is 0 Å². The Morgan fingerprint density at radius 1 is 1.25 bits per heavy atom. The van der Waals surface area contributed by atoms with E-state index < -0.39 is 0 Å². The van der Waals surface area contributed by atoms with Crippen LogP contribution < -0.4 is 10.1 Å². The van der Waals surface area contributed by atoms with Crippen LogP contribution in [-0.2, 0) is 0 Å². The molecule has 0 heterocycles. The highest BCUT2D eigenvalue weighted by Gasteiger charge is 2.10. The summed E-state index contributed by atoms with van der Waals surface area (Å²) in [6, 6.07) is 15.8. The molecule has 102 valence electrons. The third-order valence-corrected chi connectivity index (χ3v) is 3.54. The average molecular weight is 331 g/mol. The van der Waals surface area contributed by atoms with Crippen LogP contribution in [0.5, 0.6) is 5.75 Å². The second-order valence-electron chi connectivity index (χ2n) is 4.45. The van der Waals surface area contributed by atoms with Gasteiger partial charge >= 0.3 is 0 Å². The highest BCUT2D eigenvalue weighted by Crippen LogP contribution is 2.29. The predicted molar refractivity (Wildman–Crippen MR) is 83.9 cm³/mol. The fourth-order valence-electron chi connectivity index (χ4n) is 1.97. The van der Waals surface area contributed by atoms with Gasteiger partial charge in [-0.2, -0.15) is 5.26 Å². The van der Waals surface area contributed by atoms with Crippen LogP contribution in [-0.4, -0.2) is 7.11 Å². The number of ether oxygens (including phenoxy) is 1. The Balaban J connectivity index is 2.23. The number of methoxy groups -OCH3 is 1. The van der Waals surface area contributed by atoms with Gasteiger partial charge < -0.3 is 10.1 Å². The smallest absolute Gasteiger partial charge is 0.143 e. The monoisotopic (exact) mass is 330 g/mol. The molecule has 4 heteroatoms. The van der Waals surface area contributed by atoms with Crippen molar-refractivity contribution in [3.63, 3.8) is 0 Å². The molecule has 0 bridgehead atoms. The number of benzene rings is 2. The molecule has 0 aromatic heterocycles. The van der Waals surface area contributed by atoms with Crippen molar-refractivity contribution in [1.82, 2.24) is 0 Å². The molecule has 0 spiro atoms. The third kappa shape index (κ3) is 3.31. The molecule has 0 radical (unpaired) electrons. The van der Waals surface area contributed by atoms with Crippen LogP contribution in [0.1, 0.15) is 24.1 Å². The molecular formula is C16H15BrN2O. The maximum Gasteiger partial charge on any atom is 0.143 e. The van der Waals surface area contributed by atoms with Crippen molar-refractivity contribution in [2.24, 2.45) is 0 Å². The van der Waals surface area contributed by atoms with E-state index in [-0.39, 0.29) is 6.04 Å². The molecule has 20 heavy (non-hydrogen) atoms. The van der Waals surface area contributed by atoms with Crippen LogP contribution in [0.15, 0.2) is 46.9 Å². The Labute approximate surface area is 127 Å². The summed E-state index contributed by atoms with van der Waals surface area (Å²) >= 11 is 3.47. The summed E-state index contributed by atoms with van der Waals surface area (Å²) in [4.78, 5) is 0. The molecule has 0 fully saturated rings. The second kappa shape index (κ2) is 6.44. The van der Waals surface area contributed by atoms with Gasteiger partial charge in [0, 0.05) is 16.6 Å². The number of anilines is 1. The third-order valence-electron chi connectivity index (χ3n) is 3.05. The molecule has 0 amide bonds. The molecule has 0 aliphatic rings. The van der Waals surface area contributed by atoms with Gasteiger partial charge in [-0.15, -0.1) is 0 Å². The van der Waals surface area contributed by atoms with Crippen molar-refractivity contribution in [3.05, 3.63) is 58.1 Å². The number of nitrogens with zero attached hydrogens (tertiary/aromatic N) is 1. The van der Waals surface area contributed by atoms with Gasteiger partial charge in [-0.25, -0.2) is 0 Å². The Hall–Kier alpha value is -1.99. The number of halogens is 1. The van der Waals surface area contributed by atoms with E-state index in [0.717, 1.165) is 10.2 Å². The lowest BCUT2D eigenvalue weighted by atomic mass is 10.1. The highest BCUT2D eigenvalue weighted by atomic mass is 79.9. The maximum absolute atomic E-state index is 8.91. The number of hydrogen-bond acceptors (Lipinski definition) is 3. The van der Waals surface area contributed by atoms with Gasteiger partial charge in [0.2, 0.25) is 0 Å². The van der Waals surface area contributed by atoms with Crippen molar-refractivity contribution >= 4 is 21.6 Å². The van der Waals surface area contributed by atoms with E-state index in [4.69, 9.17) is 10.00 Å². The predicted octanol–water partition coefficient (Wildman–Crippen LogP) is 4.50. The van der Waals surface area contributed by atoms with E-state index in [1.54, 1.807) is 19.2 Å². The number of hydrogen-bond donors (Lipinski definition) is 1. The first-order valence-corrected chi connectivity index (χ1v) is 7.03. The summed E-state index contributed by atoms with van der Waals surface area (Å²) in [6.07, 6.45) is 0. The molecule has 0 aliphatic heterocycles. The molecule has 0 saturated carbocycles. The lowest BCUT2D eigenvalue weighted by Crippen LogP contribution is -2.07. The van der Waals surface area contributed by atoms with Crippen LogP contribution in [0, 0.1) is 11.3 Å². The van der Waals surface area contributed by atoms with Crippen LogP contribution >= 0.6 is 15.9 Å². The molecule has 0 saturated heterocycles. The standard InChI is InChI=1S/C16H15BrN2O/c1-11(13-4-3-5-14(17)9-13)19-15-7-6-12(10-18)8-16(15)20-2/h3-9,11,19H,1-2H3. The molecule has 2 aromatic rings. The van der Waals surface area contributed by atoms with Gasteiger partial charge in [0.25, 0.3) is 0 Å². The largest absolute Gasteiger partial charge is 0.495 e.